The molecule has 0 fully saturated rings. The molecule has 0 atom stereocenters. The van der Waals surface area contributed by atoms with Crippen LogP contribution in [-0.4, -0.2) is 13.1 Å². The van der Waals surface area contributed by atoms with Gasteiger partial charge in [-0.3, -0.25) is 0 Å². The van der Waals surface area contributed by atoms with Crippen LogP contribution in [0.15, 0.2) is 23.8 Å². The lowest BCUT2D eigenvalue weighted by atomic mass is 10.0. The Labute approximate surface area is 155 Å². The van der Waals surface area contributed by atoms with Crippen LogP contribution in [0.3, 0.4) is 0 Å². The molecule has 0 radical (unpaired) electrons. The fraction of sp³-hybridized carbons (Fsp3) is 0.609. The number of rotatable bonds is 12. The van der Waals surface area contributed by atoms with Crippen molar-refractivity contribution in [2.45, 2.75) is 79.1 Å². The monoisotopic (exact) mass is 340 g/mol. The zero-order valence-electron chi connectivity index (χ0n) is 16.8. The van der Waals surface area contributed by atoms with Crippen molar-refractivity contribution in [1.82, 2.24) is 0 Å². The normalized spacial score (nSPS) is 11.4. The van der Waals surface area contributed by atoms with E-state index >= 15 is 0 Å². The number of unbranched alkanes of at least 4 members (excludes halogenated alkanes) is 6. The number of benzene rings is 1. The molecular weight excluding hydrogens is 304 g/mol. The molecule has 0 heterocycles. The van der Waals surface area contributed by atoms with Gasteiger partial charge < -0.3 is 4.90 Å². The molecule has 2 nitrogen and oxygen atoms in total. The van der Waals surface area contributed by atoms with Crippen molar-refractivity contribution in [1.29, 1.82) is 5.26 Å². The van der Waals surface area contributed by atoms with Gasteiger partial charge in [0.2, 0.25) is 0 Å². The van der Waals surface area contributed by atoms with Gasteiger partial charge in [0.1, 0.15) is 0 Å². The maximum Gasteiger partial charge on any atom is 0.0944 e. The van der Waals surface area contributed by atoms with Crippen LogP contribution >= 0.6 is 0 Å². The SMILES string of the molecule is CCCCCCCCN(CCCC)c1ccc(/C=C(\C)C#N)c(C)c1. The van der Waals surface area contributed by atoms with Gasteiger partial charge in [-0.1, -0.05) is 58.4 Å². The Hall–Kier alpha value is -1.75. The first kappa shape index (κ1) is 21.3. The zero-order valence-corrected chi connectivity index (χ0v) is 16.8. The van der Waals surface area contributed by atoms with E-state index in [-0.39, 0.29) is 0 Å². The first-order valence-corrected chi connectivity index (χ1v) is 10.1. The lowest BCUT2D eigenvalue weighted by molar-refractivity contribution is 0.593. The number of hydrogen-bond donors (Lipinski definition) is 0. The summed E-state index contributed by atoms with van der Waals surface area (Å²) < 4.78 is 0. The van der Waals surface area contributed by atoms with Gasteiger partial charge in [0.05, 0.1) is 6.07 Å². The lowest BCUT2D eigenvalue weighted by Gasteiger charge is -2.25. The molecule has 1 aromatic rings. The van der Waals surface area contributed by atoms with Crippen LogP contribution in [0, 0.1) is 18.3 Å². The summed E-state index contributed by atoms with van der Waals surface area (Å²) in [4.78, 5) is 2.54. The van der Waals surface area contributed by atoms with Gasteiger partial charge >= 0.3 is 0 Å². The second kappa shape index (κ2) is 12.6. The molecule has 0 saturated carbocycles. The van der Waals surface area contributed by atoms with Crippen LogP contribution in [0.5, 0.6) is 0 Å². The predicted molar refractivity (Wildman–Crippen MR) is 111 cm³/mol. The largest absolute Gasteiger partial charge is 0.372 e. The molecule has 0 aromatic heterocycles. The average molecular weight is 341 g/mol. The maximum absolute atomic E-state index is 8.97. The van der Waals surface area contributed by atoms with E-state index in [1.807, 2.05) is 13.0 Å². The lowest BCUT2D eigenvalue weighted by Crippen LogP contribution is -2.25. The zero-order chi connectivity index (χ0) is 18.5. The Morgan fingerprint density at radius 3 is 2.28 bits per heavy atom. The number of aryl methyl sites for hydroxylation is 1. The van der Waals surface area contributed by atoms with Crippen molar-refractivity contribution in [2.75, 3.05) is 18.0 Å². The fourth-order valence-electron chi connectivity index (χ4n) is 3.09. The molecule has 0 aliphatic rings. The average Bonchev–Trinajstić information content (AvgIpc) is 2.62. The molecule has 138 valence electrons. The number of hydrogen-bond acceptors (Lipinski definition) is 2. The summed E-state index contributed by atoms with van der Waals surface area (Å²) in [6, 6.07) is 8.86. The Kier molecular flexibility index (Phi) is 10.7. The van der Waals surface area contributed by atoms with Crippen LogP contribution in [0.4, 0.5) is 5.69 Å². The number of nitrogens with zero attached hydrogens (tertiary/aromatic N) is 2. The number of allylic oxidation sites excluding steroid dienone is 1. The molecular formula is C23H36N2. The quantitative estimate of drug-likeness (QED) is 0.306. The molecule has 0 saturated heterocycles. The van der Waals surface area contributed by atoms with Crippen LogP contribution in [-0.2, 0) is 0 Å². The smallest absolute Gasteiger partial charge is 0.0944 e. The maximum atomic E-state index is 8.97. The fourth-order valence-corrected chi connectivity index (χ4v) is 3.09. The van der Waals surface area contributed by atoms with Crippen molar-refractivity contribution < 1.29 is 0 Å². The Morgan fingerprint density at radius 2 is 1.64 bits per heavy atom. The summed E-state index contributed by atoms with van der Waals surface area (Å²) in [5.41, 5.74) is 4.48. The van der Waals surface area contributed by atoms with Gasteiger partial charge in [-0.05, 0) is 56.0 Å². The second-order valence-corrected chi connectivity index (χ2v) is 7.09. The summed E-state index contributed by atoms with van der Waals surface area (Å²) >= 11 is 0. The van der Waals surface area contributed by atoms with Crippen LogP contribution in [0.2, 0.25) is 0 Å². The molecule has 1 aromatic carbocycles. The van der Waals surface area contributed by atoms with Gasteiger partial charge in [-0.25, -0.2) is 0 Å². The van der Waals surface area contributed by atoms with Crippen molar-refractivity contribution in [3.63, 3.8) is 0 Å². The Balaban J connectivity index is 2.71. The van der Waals surface area contributed by atoms with E-state index in [1.165, 1.54) is 62.6 Å². The van der Waals surface area contributed by atoms with Gasteiger partial charge in [-0.15, -0.1) is 0 Å². The van der Waals surface area contributed by atoms with Crippen LogP contribution in [0.1, 0.15) is 83.3 Å². The van der Waals surface area contributed by atoms with Gasteiger partial charge in [0.15, 0.2) is 0 Å². The van der Waals surface area contributed by atoms with Crippen molar-refractivity contribution in [2.24, 2.45) is 0 Å². The molecule has 25 heavy (non-hydrogen) atoms. The molecule has 1 rings (SSSR count). The molecule has 0 aliphatic heterocycles. The van der Waals surface area contributed by atoms with E-state index in [0.717, 1.165) is 24.2 Å². The highest BCUT2D eigenvalue weighted by Gasteiger charge is 2.08. The molecule has 0 aliphatic carbocycles. The van der Waals surface area contributed by atoms with Gasteiger partial charge in [0, 0.05) is 24.4 Å². The third-order valence-electron chi connectivity index (χ3n) is 4.73. The highest BCUT2D eigenvalue weighted by atomic mass is 15.1. The van der Waals surface area contributed by atoms with Crippen LogP contribution in [0.25, 0.3) is 6.08 Å². The van der Waals surface area contributed by atoms with E-state index < -0.39 is 0 Å². The van der Waals surface area contributed by atoms with Crippen molar-refractivity contribution in [3.8, 4) is 6.07 Å². The number of anilines is 1. The Morgan fingerprint density at radius 1 is 1.00 bits per heavy atom. The summed E-state index contributed by atoms with van der Waals surface area (Å²) in [5, 5.41) is 8.97. The van der Waals surface area contributed by atoms with E-state index in [9.17, 15) is 0 Å². The van der Waals surface area contributed by atoms with E-state index in [4.69, 9.17) is 5.26 Å². The summed E-state index contributed by atoms with van der Waals surface area (Å²) in [6.07, 6.45) is 12.5. The third kappa shape index (κ3) is 8.25. The third-order valence-corrected chi connectivity index (χ3v) is 4.73. The molecule has 2 heteroatoms. The highest BCUT2D eigenvalue weighted by Crippen LogP contribution is 2.22. The second-order valence-electron chi connectivity index (χ2n) is 7.09. The summed E-state index contributed by atoms with van der Waals surface area (Å²) in [7, 11) is 0. The van der Waals surface area contributed by atoms with E-state index in [1.54, 1.807) is 0 Å². The molecule has 0 amide bonds. The van der Waals surface area contributed by atoms with Gasteiger partial charge in [-0.2, -0.15) is 5.26 Å². The molecule has 0 spiro atoms. The summed E-state index contributed by atoms with van der Waals surface area (Å²) in [6.45, 7) is 10.8. The van der Waals surface area contributed by atoms with E-state index in [0.29, 0.717) is 0 Å². The minimum Gasteiger partial charge on any atom is -0.372 e. The minimum absolute atomic E-state index is 0.755. The molecule has 0 N–H and O–H groups in total. The predicted octanol–water partition coefficient (Wildman–Crippen LogP) is 6.89. The first-order chi connectivity index (χ1) is 12.1. The molecule has 0 bridgehead atoms. The first-order valence-electron chi connectivity index (χ1n) is 10.1. The van der Waals surface area contributed by atoms with E-state index in [2.05, 4.69) is 49.9 Å². The molecule has 0 unspecified atom stereocenters. The van der Waals surface area contributed by atoms with Crippen molar-refractivity contribution >= 4 is 11.8 Å². The number of nitriles is 1. The van der Waals surface area contributed by atoms with Gasteiger partial charge in [0.25, 0.3) is 0 Å². The minimum atomic E-state index is 0.755. The van der Waals surface area contributed by atoms with Crippen molar-refractivity contribution in [3.05, 3.63) is 34.9 Å². The topological polar surface area (TPSA) is 27.0 Å². The highest BCUT2D eigenvalue weighted by molar-refractivity contribution is 5.63. The standard InChI is InChI=1S/C23H36N2/c1-5-7-9-10-11-12-16-25(15-8-6-2)23-14-13-22(21(4)18-23)17-20(3)19-24/h13-14,17-18H,5-12,15-16H2,1-4H3/b20-17+. The Bertz CT molecular complexity index is 566. The van der Waals surface area contributed by atoms with Crippen LogP contribution < -0.4 is 4.90 Å². The summed E-state index contributed by atoms with van der Waals surface area (Å²) in [5.74, 6) is 0.